The lowest BCUT2D eigenvalue weighted by molar-refractivity contribution is 0.628. The molecule has 26 heavy (non-hydrogen) atoms. The average Bonchev–Trinajstić information content (AvgIpc) is 3.15. The molecule has 5 heteroatoms. The van der Waals surface area contributed by atoms with Crippen molar-refractivity contribution in [3.05, 3.63) is 84.4 Å². The number of benzene rings is 2. The highest BCUT2D eigenvalue weighted by Gasteiger charge is 2.15. The van der Waals surface area contributed by atoms with Crippen LogP contribution >= 0.6 is 12.2 Å². The van der Waals surface area contributed by atoms with Gasteiger partial charge in [0.2, 0.25) is 0 Å². The highest BCUT2D eigenvalue weighted by molar-refractivity contribution is 7.79. The van der Waals surface area contributed by atoms with Crippen molar-refractivity contribution >= 4 is 17.6 Å². The van der Waals surface area contributed by atoms with Gasteiger partial charge in [-0.3, -0.25) is 4.98 Å². The summed E-state index contributed by atoms with van der Waals surface area (Å²) in [5.41, 5.74) is 5.47. The average molecular weight is 359 g/mol. The molecule has 1 N–H and O–H groups in total. The maximum atomic E-state index is 13.2. The molecular weight excluding hydrogens is 345 g/mol. The minimum atomic E-state index is -0.273. The Hall–Kier alpha value is -3.18. The van der Waals surface area contributed by atoms with Crippen LogP contribution in [0.25, 0.3) is 33.9 Å². The summed E-state index contributed by atoms with van der Waals surface area (Å²) in [5, 5.41) is 1.64. The van der Waals surface area contributed by atoms with Crippen molar-refractivity contribution in [2.75, 3.05) is 0 Å². The van der Waals surface area contributed by atoms with Crippen LogP contribution < -0.4 is 0 Å². The molecule has 0 saturated carbocycles. The number of H-pyrrole nitrogens is 1. The summed E-state index contributed by atoms with van der Waals surface area (Å²) < 4.78 is 13.2. The van der Waals surface area contributed by atoms with Crippen molar-refractivity contribution in [3.8, 4) is 33.9 Å². The van der Waals surface area contributed by atoms with Crippen LogP contribution in [0.2, 0.25) is 0 Å². The minimum Gasteiger partial charge on any atom is -0.337 e. The van der Waals surface area contributed by atoms with Crippen molar-refractivity contribution in [2.24, 2.45) is 0 Å². The highest BCUT2D eigenvalue weighted by Crippen LogP contribution is 2.32. The van der Waals surface area contributed by atoms with Gasteiger partial charge in [0, 0.05) is 34.5 Å². The van der Waals surface area contributed by atoms with E-state index in [1.807, 2.05) is 36.4 Å². The van der Waals surface area contributed by atoms with Gasteiger partial charge in [0.15, 0.2) is 0 Å². The van der Waals surface area contributed by atoms with E-state index in [1.54, 1.807) is 29.9 Å². The van der Waals surface area contributed by atoms with Crippen LogP contribution in [0, 0.1) is 5.82 Å². The first kappa shape index (κ1) is 16.3. The molecule has 2 aromatic heterocycles. The molecule has 3 nitrogen and oxygen atoms in total. The van der Waals surface area contributed by atoms with Crippen LogP contribution in [0.15, 0.2) is 73.1 Å². The zero-order chi connectivity index (χ0) is 17.9. The van der Waals surface area contributed by atoms with Crippen LogP contribution in [0.1, 0.15) is 5.56 Å². The van der Waals surface area contributed by atoms with Crippen molar-refractivity contribution < 1.29 is 4.39 Å². The molecule has 0 aliphatic heterocycles. The third-order valence-electron chi connectivity index (χ3n) is 4.11. The molecule has 0 aliphatic rings. The van der Waals surface area contributed by atoms with Crippen molar-refractivity contribution in [3.63, 3.8) is 0 Å². The summed E-state index contributed by atoms with van der Waals surface area (Å²) in [6.07, 6.45) is 3.49. The Kier molecular flexibility index (Phi) is 4.37. The molecule has 0 amide bonds. The summed E-state index contributed by atoms with van der Waals surface area (Å²) in [5.74, 6) is 0.413. The summed E-state index contributed by atoms with van der Waals surface area (Å²) in [4.78, 5) is 12.2. The summed E-state index contributed by atoms with van der Waals surface area (Å²) in [6.45, 7) is 0. The van der Waals surface area contributed by atoms with Crippen molar-refractivity contribution in [1.82, 2.24) is 15.0 Å². The van der Waals surface area contributed by atoms with Gasteiger partial charge in [-0.05, 0) is 42.0 Å². The largest absolute Gasteiger partial charge is 0.337 e. The predicted octanol–water partition coefficient (Wildman–Crippen LogP) is 5.29. The first-order chi connectivity index (χ1) is 12.7. The topological polar surface area (TPSA) is 41.6 Å². The number of pyridine rings is 1. The fourth-order valence-corrected chi connectivity index (χ4v) is 2.93. The highest BCUT2D eigenvalue weighted by atomic mass is 32.1. The Bertz CT molecular complexity index is 1040. The van der Waals surface area contributed by atoms with Crippen molar-refractivity contribution in [2.45, 2.75) is 0 Å². The van der Waals surface area contributed by atoms with Gasteiger partial charge in [-0.2, -0.15) is 0 Å². The molecule has 0 aliphatic carbocycles. The van der Waals surface area contributed by atoms with E-state index in [0.29, 0.717) is 5.82 Å². The maximum Gasteiger partial charge on any atom is 0.138 e. The fourth-order valence-electron chi connectivity index (χ4n) is 2.77. The summed E-state index contributed by atoms with van der Waals surface area (Å²) >= 11 is 4.97. The second kappa shape index (κ2) is 6.98. The van der Waals surface area contributed by atoms with E-state index in [1.165, 1.54) is 12.1 Å². The number of nitrogens with zero attached hydrogens (tertiary/aromatic N) is 2. The zero-order valence-corrected chi connectivity index (χ0v) is 14.5. The molecule has 0 unspecified atom stereocenters. The van der Waals surface area contributed by atoms with E-state index in [9.17, 15) is 4.39 Å². The monoisotopic (exact) mass is 359 g/mol. The number of rotatable bonds is 4. The van der Waals surface area contributed by atoms with Gasteiger partial charge in [-0.15, -0.1) is 0 Å². The number of hydrogen-bond donors (Lipinski definition) is 1. The van der Waals surface area contributed by atoms with E-state index in [-0.39, 0.29) is 5.82 Å². The Morgan fingerprint density at radius 3 is 2.12 bits per heavy atom. The van der Waals surface area contributed by atoms with Gasteiger partial charge >= 0.3 is 0 Å². The molecule has 0 saturated heterocycles. The standard InChI is InChI=1S/C21H14FN3S/c22-18-7-5-17(6-8-18)21-24-19(15-3-1-14(13-26)2-4-15)20(25-21)16-9-11-23-12-10-16/h1-13H,(H,24,25). The number of aromatic nitrogens is 3. The Morgan fingerprint density at radius 2 is 1.46 bits per heavy atom. The van der Waals surface area contributed by atoms with Gasteiger partial charge in [0.25, 0.3) is 0 Å². The van der Waals surface area contributed by atoms with Gasteiger partial charge in [-0.25, -0.2) is 9.37 Å². The number of nitrogens with one attached hydrogen (secondary N) is 1. The summed E-state index contributed by atoms with van der Waals surface area (Å²) in [7, 11) is 0. The molecule has 4 rings (SSSR count). The van der Waals surface area contributed by atoms with Crippen molar-refractivity contribution in [1.29, 1.82) is 0 Å². The molecule has 0 radical (unpaired) electrons. The number of imidazole rings is 1. The van der Waals surface area contributed by atoms with Crippen LogP contribution in [-0.4, -0.2) is 20.3 Å². The lowest BCUT2D eigenvalue weighted by Crippen LogP contribution is -1.85. The van der Waals surface area contributed by atoms with E-state index < -0.39 is 0 Å². The minimum absolute atomic E-state index is 0.273. The molecule has 0 bridgehead atoms. The van der Waals surface area contributed by atoms with Gasteiger partial charge in [0.05, 0.1) is 11.4 Å². The molecule has 0 fully saturated rings. The number of aromatic amines is 1. The van der Waals surface area contributed by atoms with Crippen LogP contribution in [0.5, 0.6) is 0 Å². The molecular formula is C21H14FN3S. The molecule has 126 valence electrons. The first-order valence-corrected chi connectivity index (χ1v) is 8.54. The van der Waals surface area contributed by atoms with Crippen LogP contribution in [0.4, 0.5) is 4.39 Å². The molecule has 2 heterocycles. The van der Waals surface area contributed by atoms with E-state index >= 15 is 0 Å². The molecule has 2 aromatic carbocycles. The van der Waals surface area contributed by atoms with Gasteiger partial charge in [0.1, 0.15) is 11.6 Å². The van der Waals surface area contributed by atoms with E-state index in [2.05, 4.69) is 9.97 Å². The first-order valence-electron chi connectivity index (χ1n) is 8.06. The number of halogens is 1. The summed E-state index contributed by atoms with van der Waals surface area (Å²) in [6, 6.07) is 18.0. The molecule has 4 aromatic rings. The van der Waals surface area contributed by atoms with Gasteiger partial charge < -0.3 is 4.98 Å². The maximum absolute atomic E-state index is 13.2. The molecule has 0 spiro atoms. The predicted molar refractivity (Wildman–Crippen MR) is 105 cm³/mol. The lowest BCUT2D eigenvalue weighted by Gasteiger charge is -2.03. The quantitative estimate of drug-likeness (QED) is 0.503. The lowest BCUT2D eigenvalue weighted by atomic mass is 10.0. The fraction of sp³-hybridized carbons (Fsp3) is 0. The van der Waals surface area contributed by atoms with E-state index in [4.69, 9.17) is 17.2 Å². The normalized spacial score (nSPS) is 10.7. The van der Waals surface area contributed by atoms with Crippen LogP contribution in [-0.2, 0) is 0 Å². The Balaban J connectivity index is 1.87. The van der Waals surface area contributed by atoms with E-state index in [0.717, 1.165) is 33.6 Å². The zero-order valence-electron chi connectivity index (χ0n) is 13.7. The Morgan fingerprint density at radius 1 is 0.808 bits per heavy atom. The Labute approximate surface area is 155 Å². The number of hydrogen-bond acceptors (Lipinski definition) is 3. The second-order valence-corrected chi connectivity index (χ2v) is 6.03. The second-order valence-electron chi connectivity index (χ2n) is 5.79. The molecule has 0 atom stereocenters. The third kappa shape index (κ3) is 3.17. The smallest absolute Gasteiger partial charge is 0.138 e. The number of thiocarbonyl (C=S) groups is 1. The third-order valence-corrected chi connectivity index (χ3v) is 4.38. The van der Waals surface area contributed by atoms with Gasteiger partial charge in [-0.1, -0.05) is 36.5 Å². The van der Waals surface area contributed by atoms with Crippen LogP contribution in [0.3, 0.4) is 0 Å². The SMILES string of the molecule is Fc1ccc(-c2nc(-c3ccc(C=S)cc3)c(-c3ccncc3)[nH]2)cc1.